The molecule has 0 radical (unpaired) electrons. The molecule has 3 heterocycles. The van der Waals surface area contributed by atoms with Crippen molar-refractivity contribution in [3.8, 4) is 11.5 Å². The number of hydrogen-bond donors (Lipinski definition) is 3. The lowest BCUT2D eigenvalue weighted by Crippen LogP contribution is -2.48. The zero-order valence-electron chi connectivity index (χ0n) is 18.8. The van der Waals surface area contributed by atoms with Crippen molar-refractivity contribution in [3.63, 3.8) is 0 Å². The first kappa shape index (κ1) is 22.1. The number of aromatic nitrogens is 2. The Morgan fingerprint density at radius 1 is 1.26 bits per heavy atom. The fourth-order valence-corrected chi connectivity index (χ4v) is 4.38. The van der Waals surface area contributed by atoms with Crippen LogP contribution < -0.4 is 20.6 Å². The smallest absolute Gasteiger partial charge is 0.330 e. The van der Waals surface area contributed by atoms with Crippen molar-refractivity contribution in [1.29, 1.82) is 0 Å². The molecule has 1 aromatic heterocycles. The highest BCUT2D eigenvalue weighted by Gasteiger charge is 2.44. The molecule has 3 N–H and O–H groups in total. The lowest BCUT2D eigenvalue weighted by atomic mass is 10.0. The second-order valence-electron chi connectivity index (χ2n) is 8.09. The number of phenolic OH excluding ortho intramolecular Hbond substituents is 1. The van der Waals surface area contributed by atoms with Crippen LogP contribution in [0.3, 0.4) is 0 Å². The number of carbonyl (C=O) groups excluding carboxylic acids is 2. The molecule has 1 atom stereocenters. The van der Waals surface area contributed by atoms with Crippen molar-refractivity contribution in [2.75, 3.05) is 18.6 Å². The SMILES string of the molecule is COc1ccc(/C=N/NC(=O)c2nc3c(c(=O)[nH]2)C2CCCN2C(=O)N3c2ccccc2)cc1O. The summed E-state index contributed by atoms with van der Waals surface area (Å²) in [5.41, 5.74) is 3.26. The molecule has 11 nitrogen and oxygen atoms in total. The number of methoxy groups -OCH3 is 1. The molecule has 5 rings (SSSR count). The van der Waals surface area contributed by atoms with Gasteiger partial charge in [-0.05, 0) is 48.7 Å². The quantitative estimate of drug-likeness (QED) is 0.384. The third kappa shape index (κ3) is 3.97. The molecule has 0 spiro atoms. The van der Waals surface area contributed by atoms with Crippen LogP contribution in [0.2, 0.25) is 0 Å². The Labute approximate surface area is 199 Å². The predicted octanol–water partition coefficient (Wildman–Crippen LogP) is 2.66. The largest absolute Gasteiger partial charge is 0.504 e. The summed E-state index contributed by atoms with van der Waals surface area (Å²) >= 11 is 0. The molecule has 2 aromatic carbocycles. The number of H-pyrrole nitrogens is 1. The van der Waals surface area contributed by atoms with E-state index in [4.69, 9.17) is 4.74 Å². The van der Waals surface area contributed by atoms with E-state index in [-0.39, 0.29) is 29.5 Å². The third-order valence-corrected chi connectivity index (χ3v) is 5.98. The highest BCUT2D eigenvalue weighted by atomic mass is 16.5. The first-order chi connectivity index (χ1) is 17.0. The van der Waals surface area contributed by atoms with Gasteiger partial charge in [0.25, 0.3) is 5.56 Å². The molecule has 2 aliphatic heterocycles. The molecule has 0 aliphatic carbocycles. The molecule has 0 bridgehead atoms. The zero-order valence-corrected chi connectivity index (χ0v) is 18.8. The van der Waals surface area contributed by atoms with Gasteiger partial charge in [0.15, 0.2) is 17.3 Å². The van der Waals surface area contributed by atoms with Crippen molar-refractivity contribution in [2.45, 2.75) is 18.9 Å². The van der Waals surface area contributed by atoms with Crippen LogP contribution in [0.5, 0.6) is 11.5 Å². The monoisotopic (exact) mass is 474 g/mol. The van der Waals surface area contributed by atoms with Crippen LogP contribution in [-0.4, -0.2) is 51.8 Å². The van der Waals surface area contributed by atoms with Crippen LogP contribution in [-0.2, 0) is 0 Å². The molecule has 2 aliphatic rings. The van der Waals surface area contributed by atoms with E-state index in [1.807, 2.05) is 6.07 Å². The average molecular weight is 474 g/mol. The lowest BCUT2D eigenvalue weighted by molar-refractivity contribution is 0.0944. The Bertz CT molecular complexity index is 1390. The number of fused-ring (bicyclic) bond motifs is 3. The Morgan fingerprint density at radius 3 is 2.80 bits per heavy atom. The van der Waals surface area contributed by atoms with E-state index in [0.29, 0.717) is 35.5 Å². The van der Waals surface area contributed by atoms with E-state index < -0.39 is 11.5 Å². The number of ether oxygens (including phenoxy) is 1. The van der Waals surface area contributed by atoms with Crippen LogP contribution >= 0.6 is 0 Å². The Balaban J connectivity index is 1.47. The van der Waals surface area contributed by atoms with Crippen molar-refractivity contribution in [3.05, 3.63) is 75.8 Å². The normalized spacial score (nSPS) is 16.8. The fraction of sp³-hybridized carbons (Fsp3) is 0.208. The van der Waals surface area contributed by atoms with E-state index in [2.05, 4.69) is 20.5 Å². The molecule has 11 heteroatoms. The highest BCUT2D eigenvalue weighted by Crippen LogP contribution is 2.42. The number of hydrogen-bond acceptors (Lipinski definition) is 7. The third-order valence-electron chi connectivity index (χ3n) is 5.98. The van der Waals surface area contributed by atoms with Crippen LogP contribution in [0.1, 0.15) is 40.6 Å². The number of para-hydroxylation sites is 1. The summed E-state index contributed by atoms with van der Waals surface area (Å²) in [5.74, 6) is -0.658. The first-order valence-corrected chi connectivity index (χ1v) is 11.0. The number of amides is 3. The van der Waals surface area contributed by atoms with E-state index in [1.165, 1.54) is 24.3 Å². The number of hydrazone groups is 1. The Kier molecular flexibility index (Phi) is 5.65. The number of phenols is 1. The van der Waals surface area contributed by atoms with Crippen molar-refractivity contribution >= 4 is 29.7 Å². The summed E-state index contributed by atoms with van der Waals surface area (Å²) in [7, 11) is 1.44. The first-order valence-electron chi connectivity index (χ1n) is 11.0. The number of aromatic hydroxyl groups is 1. The van der Waals surface area contributed by atoms with Gasteiger partial charge in [0.1, 0.15) is 0 Å². The summed E-state index contributed by atoms with van der Waals surface area (Å²) < 4.78 is 4.99. The second kappa shape index (κ2) is 8.93. The van der Waals surface area contributed by atoms with Crippen molar-refractivity contribution < 1.29 is 19.4 Å². The molecular formula is C24H22N6O5. The number of rotatable bonds is 5. The number of benzene rings is 2. The minimum absolute atomic E-state index is 0.0740. The van der Waals surface area contributed by atoms with Crippen LogP contribution in [0.25, 0.3) is 0 Å². The number of aromatic amines is 1. The molecule has 3 amide bonds. The molecule has 1 unspecified atom stereocenters. The van der Waals surface area contributed by atoms with Gasteiger partial charge < -0.3 is 19.7 Å². The summed E-state index contributed by atoms with van der Waals surface area (Å²) in [4.78, 5) is 49.1. The van der Waals surface area contributed by atoms with Crippen LogP contribution in [0.4, 0.5) is 16.3 Å². The summed E-state index contributed by atoms with van der Waals surface area (Å²) in [6.07, 6.45) is 2.75. The molecule has 3 aromatic rings. The average Bonchev–Trinajstić information content (AvgIpc) is 3.35. The van der Waals surface area contributed by atoms with E-state index in [0.717, 1.165) is 6.42 Å². The summed E-state index contributed by atoms with van der Waals surface area (Å²) in [6.45, 7) is 0.545. The van der Waals surface area contributed by atoms with Crippen molar-refractivity contribution in [1.82, 2.24) is 20.3 Å². The summed E-state index contributed by atoms with van der Waals surface area (Å²) in [5, 5.41) is 13.7. The van der Waals surface area contributed by atoms with Gasteiger partial charge in [0.05, 0.1) is 30.6 Å². The van der Waals surface area contributed by atoms with Gasteiger partial charge in [-0.3, -0.25) is 9.59 Å². The maximum Gasteiger partial charge on any atom is 0.330 e. The molecule has 35 heavy (non-hydrogen) atoms. The van der Waals surface area contributed by atoms with Crippen LogP contribution in [0.15, 0.2) is 58.4 Å². The molecule has 1 fully saturated rings. The Hall–Kier alpha value is -4.67. The Morgan fingerprint density at radius 2 is 2.06 bits per heavy atom. The maximum atomic E-state index is 13.3. The zero-order chi connectivity index (χ0) is 24.5. The van der Waals surface area contributed by atoms with E-state index in [1.54, 1.807) is 41.3 Å². The lowest BCUT2D eigenvalue weighted by Gasteiger charge is -2.37. The highest BCUT2D eigenvalue weighted by molar-refractivity contribution is 6.02. The van der Waals surface area contributed by atoms with Gasteiger partial charge in [-0.25, -0.2) is 20.1 Å². The van der Waals surface area contributed by atoms with E-state index >= 15 is 0 Å². The maximum absolute atomic E-state index is 13.3. The number of carbonyl (C=O) groups is 2. The number of nitrogens with zero attached hydrogens (tertiary/aromatic N) is 4. The van der Waals surface area contributed by atoms with Crippen LogP contribution in [0, 0.1) is 0 Å². The molecule has 1 saturated heterocycles. The van der Waals surface area contributed by atoms with Gasteiger partial charge in [-0.2, -0.15) is 5.10 Å². The fourth-order valence-electron chi connectivity index (χ4n) is 4.38. The van der Waals surface area contributed by atoms with Gasteiger partial charge in [0, 0.05) is 6.54 Å². The van der Waals surface area contributed by atoms with Crippen molar-refractivity contribution in [2.24, 2.45) is 5.10 Å². The number of nitrogens with one attached hydrogen (secondary N) is 2. The second-order valence-corrected chi connectivity index (χ2v) is 8.09. The predicted molar refractivity (Wildman–Crippen MR) is 127 cm³/mol. The molecule has 178 valence electrons. The molecule has 0 saturated carbocycles. The standard InChI is InChI=1S/C24H22N6O5/c1-35-18-10-9-14(12-17(18)31)13-25-28-23(33)20-26-21-19(22(32)27-20)16-8-5-11-29(16)24(34)30(21)15-6-3-2-4-7-15/h2-4,6-7,9-10,12-13,16,31H,5,8,11H2,1H3,(H,28,33)(H,26,27,32)/b25-13+. The van der Waals surface area contributed by atoms with Gasteiger partial charge in [-0.15, -0.1) is 0 Å². The molecular weight excluding hydrogens is 452 g/mol. The number of urea groups is 1. The summed E-state index contributed by atoms with van der Waals surface area (Å²) in [6, 6.07) is 12.8. The van der Waals surface area contributed by atoms with E-state index in [9.17, 15) is 19.5 Å². The van der Waals surface area contributed by atoms with Gasteiger partial charge in [-0.1, -0.05) is 18.2 Å². The minimum Gasteiger partial charge on any atom is -0.504 e. The topological polar surface area (TPSA) is 140 Å². The van der Waals surface area contributed by atoms with Gasteiger partial charge in [0.2, 0.25) is 5.82 Å². The van der Waals surface area contributed by atoms with Gasteiger partial charge >= 0.3 is 11.9 Å². The minimum atomic E-state index is -0.756. The number of anilines is 2.